The molecule has 0 amide bonds. The first-order valence-electron chi connectivity index (χ1n) is 3.90. The Bertz CT molecular complexity index is 201. The zero-order chi connectivity index (χ0) is 8.48. The molecule has 1 aliphatic rings. The lowest BCUT2D eigenvalue weighted by atomic mass is 10.3. The highest BCUT2D eigenvalue weighted by Gasteiger charge is 2.21. The summed E-state index contributed by atoms with van der Waals surface area (Å²) in [7, 11) is -1.47. The minimum absolute atomic E-state index is 0.207. The summed E-state index contributed by atoms with van der Waals surface area (Å²) in [6, 6.07) is 0. The standard InChI is InChI=1S/C8H14O2Si/c1-11(2,3)10-8-5-4-7(9)6-8/h6H,4-5H2,1-3H3. The number of allylic oxidation sites excluding steroid dienone is 2. The summed E-state index contributed by atoms with van der Waals surface area (Å²) in [6.45, 7) is 6.36. The highest BCUT2D eigenvalue weighted by atomic mass is 28.4. The molecule has 0 N–H and O–H groups in total. The molecule has 1 rings (SSSR count). The van der Waals surface area contributed by atoms with Crippen LogP contribution in [-0.2, 0) is 9.22 Å². The Kier molecular flexibility index (Phi) is 2.18. The van der Waals surface area contributed by atoms with Crippen LogP contribution in [0.3, 0.4) is 0 Å². The molecule has 0 bridgehead atoms. The van der Waals surface area contributed by atoms with Gasteiger partial charge in [0.05, 0.1) is 5.76 Å². The second-order valence-electron chi connectivity index (χ2n) is 3.79. The summed E-state index contributed by atoms with van der Waals surface area (Å²) in [5.41, 5.74) is 0. The Balaban J connectivity index is 2.51. The van der Waals surface area contributed by atoms with Crippen molar-refractivity contribution in [3.05, 3.63) is 11.8 Å². The zero-order valence-electron chi connectivity index (χ0n) is 7.31. The van der Waals surface area contributed by atoms with Gasteiger partial charge in [-0.05, 0) is 19.6 Å². The molecular formula is C8H14O2Si. The average Bonchev–Trinajstić information content (AvgIpc) is 2.10. The number of rotatable bonds is 2. The molecule has 0 spiro atoms. The van der Waals surface area contributed by atoms with E-state index in [0.717, 1.165) is 12.2 Å². The van der Waals surface area contributed by atoms with Gasteiger partial charge in [-0.25, -0.2) is 0 Å². The molecule has 0 fully saturated rings. The molecule has 0 atom stereocenters. The van der Waals surface area contributed by atoms with Gasteiger partial charge in [0.25, 0.3) is 0 Å². The Labute approximate surface area is 68.4 Å². The van der Waals surface area contributed by atoms with Crippen LogP contribution in [0.5, 0.6) is 0 Å². The first kappa shape index (κ1) is 8.52. The summed E-state index contributed by atoms with van der Waals surface area (Å²) < 4.78 is 5.65. The Hall–Kier alpha value is -0.573. The summed E-state index contributed by atoms with van der Waals surface area (Å²) in [5.74, 6) is 1.10. The summed E-state index contributed by atoms with van der Waals surface area (Å²) in [5, 5.41) is 0. The van der Waals surface area contributed by atoms with Crippen molar-refractivity contribution in [1.82, 2.24) is 0 Å². The van der Waals surface area contributed by atoms with E-state index < -0.39 is 8.32 Å². The minimum atomic E-state index is -1.47. The van der Waals surface area contributed by atoms with Crippen molar-refractivity contribution in [3.63, 3.8) is 0 Å². The number of hydrogen-bond acceptors (Lipinski definition) is 2. The van der Waals surface area contributed by atoms with Crippen molar-refractivity contribution in [3.8, 4) is 0 Å². The van der Waals surface area contributed by atoms with Crippen LogP contribution in [0.15, 0.2) is 11.8 Å². The van der Waals surface area contributed by atoms with Gasteiger partial charge in [-0.1, -0.05) is 0 Å². The lowest BCUT2D eigenvalue weighted by Gasteiger charge is -2.19. The van der Waals surface area contributed by atoms with Gasteiger partial charge in [0.15, 0.2) is 5.78 Å². The Morgan fingerprint density at radius 1 is 1.36 bits per heavy atom. The fourth-order valence-corrected chi connectivity index (χ4v) is 1.99. The number of carbonyl (C=O) groups excluding carboxylic acids is 1. The Morgan fingerprint density at radius 3 is 2.36 bits per heavy atom. The van der Waals surface area contributed by atoms with E-state index in [1.54, 1.807) is 6.08 Å². The first-order valence-corrected chi connectivity index (χ1v) is 7.31. The molecule has 1 aliphatic carbocycles. The van der Waals surface area contributed by atoms with Crippen LogP contribution in [0.1, 0.15) is 12.8 Å². The van der Waals surface area contributed by atoms with E-state index in [2.05, 4.69) is 19.6 Å². The lowest BCUT2D eigenvalue weighted by Crippen LogP contribution is -2.24. The maximum absolute atomic E-state index is 10.8. The molecule has 0 unspecified atom stereocenters. The molecule has 0 radical (unpaired) electrons. The summed E-state index contributed by atoms with van der Waals surface area (Å²) >= 11 is 0. The first-order chi connectivity index (χ1) is 4.97. The van der Waals surface area contributed by atoms with Gasteiger partial charge in [-0.3, -0.25) is 4.79 Å². The second-order valence-corrected chi connectivity index (χ2v) is 8.22. The van der Waals surface area contributed by atoms with E-state index in [4.69, 9.17) is 4.43 Å². The summed E-state index contributed by atoms with van der Waals surface area (Å²) in [4.78, 5) is 10.8. The van der Waals surface area contributed by atoms with Crippen molar-refractivity contribution in [2.45, 2.75) is 32.5 Å². The van der Waals surface area contributed by atoms with E-state index in [-0.39, 0.29) is 5.78 Å². The molecule has 0 saturated heterocycles. The second kappa shape index (κ2) is 2.81. The van der Waals surface area contributed by atoms with E-state index in [1.807, 2.05) is 0 Å². The molecule has 0 aromatic heterocycles. The summed E-state index contributed by atoms with van der Waals surface area (Å²) in [6.07, 6.45) is 3.08. The molecule has 11 heavy (non-hydrogen) atoms. The van der Waals surface area contributed by atoms with Crippen LogP contribution in [0, 0.1) is 0 Å². The molecule has 0 aromatic carbocycles. The fourth-order valence-electron chi connectivity index (χ4n) is 1.04. The third-order valence-electron chi connectivity index (χ3n) is 1.38. The maximum Gasteiger partial charge on any atom is 0.241 e. The molecule has 0 aliphatic heterocycles. The minimum Gasteiger partial charge on any atom is -0.547 e. The lowest BCUT2D eigenvalue weighted by molar-refractivity contribution is -0.114. The molecular weight excluding hydrogens is 156 g/mol. The number of ketones is 1. The quantitative estimate of drug-likeness (QED) is 0.593. The Morgan fingerprint density at radius 2 is 2.00 bits per heavy atom. The predicted molar refractivity (Wildman–Crippen MR) is 46.8 cm³/mol. The van der Waals surface area contributed by atoms with Gasteiger partial charge < -0.3 is 4.43 Å². The van der Waals surface area contributed by atoms with Gasteiger partial charge >= 0.3 is 0 Å². The van der Waals surface area contributed by atoms with Gasteiger partial charge in [-0.2, -0.15) is 0 Å². The van der Waals surface area contributed by atoms with Crippen LogP contribution in [-0.4, -0.2) is 14.1 Å². The molecule has 0 aromatic rings. The molecule has 2 nitrogen and oxygen atoms in total. The van der Waals surface area contributed by atoms with Gasteiger partial charge in [0, 0.05) is 18.9 Å². The molecule has 3 heteroatoms. The van der Waals surface area contributed by atoms with E-state index >= 15 is 0 Å². The monoisotopic (exact) mass is 170 g/mol. The third-order valence-corrected chi connectivity index (χ3v) is 2.25. The zero-order valence-corrected chi connectivity index (χ0v) is 8.31. The van der Waals surface area contributed by atoms with Crippen LogP contribution in [0.2, 0.25) is 19.6 Å². The van der Waals surface area contributed by atoms with E-state index in [0.29, 0.717) is 6.42 Å². The van der Waals surface area contributed by atoms with E-state index in [9.17, 15) is 4.79 Å². The van der Waals surface area contributed by atoms with Crippen LogP contribution in [0.4, 0.5) is 0 Å². The van der Waals surface area contributed by atoms with Crippen LogP contribution >= 0.6 is 0 Å². The largest absolute Gasteiger partial charge is 0.547 e. The van der Waals surface area contributed by atoms with Gasteiger partial charge in [0.1, 0.15) is 0 Å². The maximum atomic E-state index is 10.8. The van der Waals surface area contributed by atoms with Crippen molar-refractivity contribution in [2.24, 2.45) is 0 Å². The van der Waals surface area contributed by atoms with Gasteiger partial charge in [0.2, 0.25) is 8.32 Å². The van der Waals surface area contributed by atoms with Crippen molar-refractivity contribution in [1.29, 1.82) is 0 Å². The smallest absolute Gasteiger partial charge is 0.241 e. The van der Waals surface area contributed by atoms with Gasteiger partial charge in [-0.15, -0.1) is 0 Å². The van der Waals surface area contributed by atoms with Crippen molar-refractivity contribution >= 4 is 14.1 Å². The fraction of sp³-hybridized carbons (Fsp3) is 0.625. The average molecular weight is 170 g/mol. The number of carbonyl (C=O) groups is 1. The van der Waals surface area contributed by atoms with Crippen LogP contribution < -0.4 is 0 Å². The highest BCUT2D eigenvalue weighted by Crippen LogP contribution is 2.20. The predicted octanol–water partition coefficient (Wildman–Crippen LogP) is 2.08. The molecule has 62 valence electrons. The SMILES string of the molecule is C[Si](C)(C)OC1=CC(=O)CC1. The molecule has 0 heterocycles. The highest BCUT2D eigenvalue weighted by molar-refractivity contribution is 6.70. The van der Waals surface area contributed by atoms with Crippen molar-refractivity contribution in [2.75, 3.05) is 0 Å². The normalized spacial score (nSPS) is 18.5. The topological polar surface area (TPSA) is 26.3 Å². The number of hydrogen-bond donors (Lipinski definition) is 0. The van der Waals surface area contributed by atoms with Crippen LogP contribution in [0.25, 0.3) is 0 Å². The van der Waals surface area contributed by atoms with Crippen molar-refractivity contribution < 1.29 is 9.22 Å². The molecule has 0 saturated carbocycles. The third kappa shape index (κ3) is 2.88. The van der Waals surface area contributed by atoms with E-state index in [1.165, 1.54) is 0 Å².